The van der Waals surface area contributed by atoms with E-state index < -0.39 is 120 Å². The van der Waals surface area contributed by atoms with Crippen LogP contribution in [0.3, 0.4) is 0 Å². The van der Waals surface area contributed by atoms with Gasteiger partial charge < -0.3 is 69.6 Å². The quantitative estimate of drug-likeness (QED) is 0.0980. The summed E-state index contributed by atoms with van der Waals surface area (Å²) in [5.41, 5.74) is -0.973. The number of benzene rings is 1. The molecule has 0 amide bonds. The van der Waals surface area contributed by atoms with Crippen LogP contribution in [0.2, 0.25) is 0 Å². The molecule has 6 fully saturated rings. The Morgan fingerprint density at radius 1 is 0.738 bits per heavy atom. The van der Waals surface area contributed by atoms with Crippen LogP contribution in [0.1, 0.15) is 110 Å². The van der Waals surface area contributed by atoms with Gasteiger partial charge in [0.15, 0.2) is 18.7 Å². The Bertz CT molecular complexity index is 1960. The number of ether oxygens (including phenoxy) is 5. The summed E-state index contributed by atoms with van der Waals surface area (Å²) in [6.07, 6.45) is -11.8. The number of fused-ring (bicyclic) bond motifs is 7. The van der Waals surface area contributed by atoms with E-state index in [1.165, 1.54) is 5.57 Å². The van der Waals surface area contributed by atoms with Crippen molar-refractivity contribution < 1.29 is 79.2 Å². The Kier molecular flexibility index (Phi) is 12.9. The standard InChI is InChI=1S/C49H72O16/c1-44(2)19-26-25-13-14-29-46(5)17-16-31(63-43-37(57)38(36(56)39(65-43)40(58)59)64-42-35(55)34(54)33(53)27(22-50)61-42)45(3,4)28(46)15-18-47(29,6)48(25,7)20-30(52)49(26,23-51)21-32(44)62-41(60)24-11-9-8-10-12-24/h8-13,26-39,42-43,50-57H,14-23H2,1-7H3,(H,58,59). The Hall–Kier alpha value is -2.58. The van der Waals surface area contributed by atoms with Gasteiger partial charge in [-0.05, 0) is 103 Å². The number of esters is 1. The highest BCUT2D eigenvalue weighted by Gasteiger charge is 2.71. The lowest BCUT2D eigenvalue weighted by Gasteiger charge is -2.72. The Morgan fingerprint density at radius 3 is 2.06 bits per heavy atom. The maximum Gasteiger partial charge on any atom is 0.338 e. The number of hydrogen-bond acceptors (Lipinski definition) is 15. The van der Waals surface area contributed by atoms with E-state index in [0.29, 0.717) is 31.2 Å². The lowest BCUT2D eigenvalue weighted by atomic mass is 9.33. The fourth-order valence-corrected chi connectivity index (χ4v) is 14.7. The number of carboxylic acid groups (broad SMARTS) is 1. The van der Waals surface area contributed by atoms with Crippen LogP contribution in [0.4, 0.5) is 0 Å². The predicted octanol–water partition coefficient (Wildman–Crippen LogP) is 2.69. The number of allylic oxidation sites excluding steroid dienone is 2. The summed E-state index contributed by atoms with van der Waals surface area (Å²) in [6, 6.07) is 8.89. The molecule has 7 aliphatic rings. The Balaban J connectivity index is 1.03. The van der Waals surface area contributed by atoms with E-state index in [1.54, 1.807) is 24.3 Å². The van der Waals surface area contributed by atoms with Crippen LogP contribution in [0.25, 0.3) is 0 Å². The first kappa shape index (κ1) is 48.9. The molecule has 65 heavy (non-hydrogen) atoms. The fraction of sp³-hybridized carbons (Fsp3) is 0.796. The van der Waals surface area contributed by atoms with Gasteiger partial charge >= 0.3 is 11.9 Å². The molecule has 0 bridgehead atoms. The lowest BCUT2D eigenvalue weighted by molar-refractivity contribution is -0.365. The number of rotatable bonds is 9. The van der Waals surface area contributed by atoms with Crippen molar-refractivity contribution in [2.75, 3.05) is 13.2 Å². The van der Waals surface area contributed by atoms with Gasteiger partial charge in [0.05, 0.1) is 31.0 Å². The van der Waals surface area contributed by atoms with Crippen LogP contribution in [-0.2, 0) is 28.5 Å². The normalized spacial score (nSPS) is 48.9. The molecule has 5 aliphatic carbocycles. The van der Waals surface area contributed by atoms with E-state index in [2.05, 4.69) is 54.5 Å². The Morgan fingerprint density at radius 2 is 1.42 bits per heavy atom. The molecule has 2 aliphatic heterocycles. The molecule has 364 valence electrons. The van der Waals surface area contributed by atoms with Gasteiger partial charge in [-0.3, -0.25) is 0 Å². The SMILES string of the molecule is CC1(C)CC2C3=CCC4C5(C)CCC(OC6OC(C(=O)O)C(O)C(OC7OC(CO)C(O)C(O)C7O)C6O)C(C)(C)C5CCC4(C)C3(C)CC(O)C2(CO)CC1OC(=O)c1ccccc1. The molecule has 8 rings (SSSR count). The number of carbonyl (C=O) groups excluding carboxylic acids is 1. The molecule has 0 spiro atoms. The molecule has 0 aromatic heterocycles. The molecule has 9 N–H and O–H groups in total. The van der Waals surface area contributed by atoms with E-state index in [4.69, 9.17) is 23.7 Å². The first-order valence-corrected chi connectivity index (χ1v) is 23.5. The summed E-state index contributed by atoms with van der Waals surface area (Å²) in [7, 11) is 0. The fourth-order valence-electron chi connectivity index (χ4n) is 14.7. The van der Waals surface area contributed by atoms with E-state index in [-0.39, 0.29) is 35.2 Å². The van der Waals surface area contributed by atoms with Crippen molar-refractivity contribution in [1.29, 1.82) is 0 Å². The molecule has 2 saturated heterocycles. The number of aliphatic hydroxyl groups excluding tert-OH is 8. The van der Waals surface area contributed by atoms with Crippen molar-refractivity contribution in [3.8, 4) is 0 Å². The zero-order valence-corrected chi connectivity index (χ0v) is 38.7. The molecule has 4 saturated carbocycles. The minimum absolute atomic E-state index is 0.104. The summed E-state index contributed by atoms with van der Waals surface area (Å²) in [6.45, 7) is 14.6. The maximum atomic E-state index is 13.4. The minimum atomic E-state index is -1.96. The Labute approximate surface area is 380 Å². The average molecular weight is 917 g/mol. The van der Waals surface area contributed by atoms with E-state index >= 15 is 0 Å². The van der Waals surface area contributed by atoms with Crippen molar-refractivity contribution in [2.45, 2.75) is 180 Å². The van der Waals surface area contributed by atoms with Crippen LogP contribution in [0.15, 0.2) is 42.0 Å². The number of aliphatic hydroxyl groups is 8. The summed E-state index contributed by atoms with van der Waals surface area (Å²) in [4.78, 5) is 25.8. The number of hydrogen-bond donors (Lipinski definition) is 9. The van der Waals surface area contributed by atoms with Gasteiger partial charge in [-0.2, -0.15) is 0 Å². The lowest BCUT2D eigenvalue weighted by Crippen LogP contribution is -2.68. The molecule has 1 aromatic rings. The highest BCUT2D eigenvalue weighted by Crippen LogP contribution is 2.76. The molecule has 16 nitrogen and oxygen atoms in total. The van der Waals surface area contributed by atoms with Crippen LogP contribution in [-0.4, -0.2) is 151 Å². The molecular weight excluding hydrogens is 845 g/mol. The summed E-state index contributed by atoms with van der Waals surface area (Å²) in [5.74, 6) is -1.79. The molecule has 20 unspecified atom stereocenters. The third kappa shape index (κ3) is 7.56. The second kappa shape index (κ2) is 17.1. The highest BCUT2D eigenvalue weighted by molar-refractivity contribution is 5.89. The number of carbonyl (C=O) groups is 2. The van der Waals surface area contributed by atoms with Crippen molar-refractivity contribution in [1.82, 2.24) is 0 Å². The summed E-state index contributed by atoms with van der Waals surface area (Å²) >= 11 is 0. The third-order valence-corrected chi connectivity index (χ3v) is 18.7. The zero-order chi connectivity index (χ0) is 47.4. The van der Waals surface area contributed by atoms with E-state index in [1.807, 2.05) is 6.07 Å². The van der Waals surface area contributed by atoms with Gasteiger partial charge in [-0.1, -0.05) is 78.3 Å². The summed E-state index contributed by atoms with van der Waals surface area (Å²) < 4.78 is 29.8. The van der Waals surface area contributed by atoms with Crippen molar-refractivity contribution in [3.05, 3.63) is 47.5 Å². The van der Waals surface area contributed by atoms with Gasteiger partial charge in [-0.25, -0.2) is 9.59 Å². The average Bonchev–Trinajstić information content (AvgIpc) is 3.25. The monoisotopic (exact) mass is 916 g/mol. The zero-order valence-electron chi connectivity index (χ0n) is 38.7. The van der Waals surface area contributed by atoms with E-state index in [9.17, 15) is 55.5 Å². The predicted molar refractivity (Wildman–Crippen MR) is 230 cm³/mol. The minimum Gasteiger partial charge on any atom is -0.479 e. The van der Waals surface area contributed by atoms with Gasteiger partial charge in [0.1, 0.15) is 48.8 Å². The first-order valence-electron chi connectivity index (χ1n) is 23.5. The van der Waals surface area contributed by atoms with Crippen LogP contribution in [0, 0.1) is 50.2 Å². The number of carboxylic acids is 1. The molecule has 20 atom stereocenters. The van der Waals surface area contributed by atoms with Crippen LogP contribution in [0.5, 0.6) is 0 Å². The third-order valence-electron chi connectivity index (χ3n) is 18.7. The first-order chi connectivity index (χ1) is 30.4. The topological polar surface area (TPSA) is 262 Å². The molecule has 16 heteroatoms. The van der Waals surface area contributed by atoms with Crippen molar-refractivity contribution >= 4 is 11.9 Å². The molecule has 1 aromatic carbocycles. The van der Waals surface area contributed by atoms with Crippen molar-refractivity contribution in [2.24, 2.45) is 50.2 Å². The largest absolute Gasteiger partial charge is 0.479 e. The van der Waals surface area contributed by atoms with Gasteiger partial charge in [0, 0.05) is 10.8 Å². The van der Waals surface area contributed by atoms with Crippen LogP contribution < -0.4 is 0 Å². The molecule has 0 radical (unpaired) electrons. The molecule has 2 heterocycles. The van der Waals surface area contributed by atoms with Crippen molar-refractivity contribution in [3.63, 3.8) is 0 Å². The van der Waals surface area contributed by atoms with Gasteiger partial charge in [0.25, 0.3) is 0 Å². The molecular formula is C49H72O16. The summed E-state index contributed by atoms with van der Waals surface area (Å²) in [5, 5.41) is 97.5. The van der Waals surface area contributed by atoms with E-state index in [0.717, 1.165) is 25.7 Å². The second-order valence-corrected chi connectivity index (χ2v) is 22.6. The van der Waals surface area contributed by atoms with Gasteiger partial charge in [-0.15, -0.1) is 0 Å². The van der Waals surface area contributed by atoms with Crippen LogP contribution >= 0.6 is 0 Å². The second-order valence-electron chi connectivity index (χ2n) is 22.6. The smallest absolute Gasteiger partial charge is 0.338 e. The number of aliphatic carboxylic acids is 1. The van der Waals surface area contributed by atoms with Gasteiger partial charge in [0.2, 0.25) is 0 Å². The highest BCUT2D eigenvalue weighted by atomic mass is 16.7. The maximum absolute atomic E-state index is 13.4.